The van der Waals surface area contributed by atoms with Crippen LogP contribution in [0.4, 0.5) is 0 Å². The van der Waals surface area contributed by atoms with Gasteiger partial charge in [0.25, 0.3) is 0 Å². The molecular formula is C12H13Cl3O2. The highest BCUT2D eigenvalue weighted by atomic mass is 35.6. The fourth-order valence-electron chi connectivity index (χ4n) is 1.32. The lowest BCUT2D eigenvalue weighted by atomic mass is 10.1. The number of carbonyl (C=O) groups is 1. The third kappa shape index (κ3) is 7.48. The Hall–Kier alpha value is -0.440. The van der Waals surface area contributed by atoms with Crippen molar-refractivity contribution in [1.29, 1.82) is 0 Å². The fourth-order valence-corrected chi connectivity index (χ4v) is 1.48. The van der Waals surface area contributed by atoms with Crippen molar-refractivity contribution >= 4 is 40.8 Å². The fraction of sp³-hybridized carbons (Fsp3) is 0.417. The zero-order valence-corrected chi connectivity index (χ0v) is 11.4. The Balaban J connectivity index is 2.17. The quantitative estimate of drug-likeness (QED) is 0.608. The lowest BCUT2D eigenvalue weighted by Crippen LogP contribution is -2.17. The van der Waals surface area contributed by atoms with E-state index in [1.807, 2.05) is 30.3 Å². The minimum atomic E-state index is -1.53. The molecule has 0 aliphatic heterocycles. The predicted octanol–water partition coefficient (Wildman–Crippen LogP) is 3.92. The molecule has 5 heteroatoms. The van der Waals surface area contributed by atoms with Crippen molar-refractivity contribution in [1.82, 2.24) is 0 Å². The molecular weight excluding hydrogens is 282 g/mol. The first-order valence-corrected chi connectivity index (χ1v) is 6.37. The van der Waals surface area contributed by atoms with Crippen molar-refractivity contribution in [2.75, 3.05) is 6.61 Å². The molecule has 0 aromatic heterocycles. The van der Waals surface area contributed by atoms with Gasteiger partial charge in [0.2, 0.25) is 3.79 Å². The second-order valence-electron chi connectivity index (χ2n) is 3.62. The predicted molar refractivity (Wildman–Crippen MR) is 70.6 cm³/mol. The SMILES string of the molecule is O=C(CCCc1ccccc1)OCC(Cl)(Cl)Cl. The smallest absolute Gasteiger partial charge is 0.305 e. The van der Waals surface area contributed by atoms with E-state index < -0.39 is 3.79 Å². The molecule has 0 bridgehead atoms. The largest absolute Gasteiger partial charge is 0.461 e. The Morgan fingerprint density at radius 3 is 2.41 bits per heavy atom. The average molecular weight is 296 g/mol. The van der Waals surface area contributed by atoms with Crippen molar-refractivity contribution < 1.29 is 9.53 Å². The van der Waals surface area contributed by atoms with Crippen molar-refractivity contribution in [3.63, 3.8) is 0 Å². The molecule has 94 valence electrons. The average Bonchev–Trinajstić information content (AvgIpc) is 2.27. The topological polar surface area (TPSA) is 26.3 Å². The molecule has 0 amide bonds. The minimum Gasteiger partial charge on any atom is -0.461 e. The molecule has 1 aromatic carbocycles. The molecule has 0 fully saturated rings. The van der Waals surface area contributed by atoms with Gasteiger partial charge in [0, 0.05) is 6.42 Å². The molecule has 0 unspecified atom stereocenters. The van der Waals surface area contributed by atoms with Crippen LogP contribution in [0.2, 0.25) is 0 Å². The molecule has 1 rings (SSSR count). The van der Waals surface area contributed by atoms with Crippen LogP contribution in [0.25, 0.3) is 0 Å². The highest BCUT2D eigenvalue weighted by Crippen LogP contribution is 2.26. The number of hydrogen-bond donors (Lipinski definition) is 0. The molecule has 0 aliphatic carbocycles. The minimum absolute atomic E-state index is 0.207. The Morgan fingerprint density at radius 1 is 1.18 bits per heavy atom. The molecule has 0 saturated carbocycles. The summed E-state index contributed by atoms with van der Waals surface area (Å²) < 4.78 is 3.28. The Morgan fingerprint density at radius 2 is 1.82 bits per heavy atom. The normalized spacial score (nSPS) is 11.2. The number of ether oxygens (including phenoxy) is 1. The van der Waals surface area contributed by atoms with E-state index in [4.69, 9.17) is 39.5 Å². The summed E-state index contributed by atoms with van der Waals surface area (Å²) in [5.41, 5.74) is 1.20. The van der Waals surface area contributed by atoms with Crippen LogP contribution < -0.4 is 0 Å². The van der Waals surface area contributed by atoms with E-state index in [2.05, 4.69) is 0 Å². The van der Waals surface area contributed by atoms with Gasteiger partial charge in [-0.3, -0.25) is 4.79 Å². The van der Waals surface area contributed by atoms with Crippen LogP contribution in [0.3, 0.4) is 0 Å². The van der Waals surface area contributed by atoms with Crippen LogP contribution in [0, 0.1) is 0 Å². The number of esters is 1. The first-order valence-electron chi connectivity index (χ1n) is 5.24. The molecule has 0 heterocycles. The molecule has 0 radical (unpaired) electrons. The van der Waals surface area contributed by atoms with E-state index in [9.17, 15) is 4.79 Å². The van der Waals surface area contributed by atoms with Crippen LogP contribution in [0.5, 0.6) is 0 Å². The molecule has 0 saturated heterocycles. The van der Waals surface area contributed by atoms with E-state index in [1.54, 1.807) is 0 Å². The number of rotatable bonds is 5. The summed E-state index contributed by atoms with van der Waals surface area (Å²) in [6.45, 7) is -0.207. The Kier molecular flexibility index (Phi) is 6.10. The summed E-state index contributed by atoms with van der Waals surface area (Å²) in [5, 5.41) is 0. The van der Waals surface area contributed by atoms with Crippen LogP contribution in [0.15, 0.2) is 30.3 Å². The van der Waals surface area contributed by atoms with E-state index in [0.717, 1.165) is 12.8 Å². The summed E-state index contributed by atoms with van der Waals surface area (Å²) >= 11 is 16.4. The summed E-state index contributed by atoms with van der Waals surface area (Å²) in [7, 11) is 0. The van der Waals surface area contributed by atoms with Crippen molar-refractivity contribution in [2.45, 2.75) is 23.1 Å². The molecule has 17 heavy (non-hydrogen) atoms. The number of halogens is 3. The van der Waals surface area contributed by atoms with Gasteiger partial charge in [-0.2, -0.15) is 0 Å². The second-order valence-corrected chi connectivity index (χ2v) is 6.13. The summed E-state index contributed by atoms with van der Waals surface area (Å²) in [5.74, 6) is -0.341. The van der Waals surface area contributed by atoms with Crippen LogP contribution >= 0.6 is 34.8 Å². The third-order valence-electron chi connectivity index (χ3n) is 2.09. The lowest BCUT2D eigenvalue weighted by molar-refractivity contribution is -0.143. The lowest BCUT2D eigenvalue weighted by Gasteiger charge is -2.11. The molecule has 0 spiro atoms. The molecule has 1 aromatic rings. The van der Waals surface area contributed by atoms with E-state index in [0.29, 0.717) is 6.42 Å². The highest BCUT2D eigenvalue weighted by Gasteiger charge is 2.21. The molecule has 2 nitrogen and oxygen atoms in total. The maximum atomic E-state index is 11.3. The van der Waals surface area contributed by atoms with Gasteiger partial charge in [-0.25, -0.2) is 0 Å². The molecule has 0 N–H and O–H groups in total. The number of benzene rings is 1. The van der Waals surface area contributed by atoms with Crippen LogP contribution in [0.1, 0.15) is 18.4 Å². The second kappa shape index (κ2) is 7.10. The highest BCUT2D eigenvalue weighted by molar-refractivity contribution is 6.67. The maximum absolute atomic E-state index is 11.3. The van der Waals surface area contributed by atoms with E-state index in [-0.39, 0.29) is 12.6 Å². The van der Waals surface area contributed by atoms with E-state index in [1.165, 1.54) is 5.56 Å². The Bertz CT molecular complexity index is 347. The van der Waals surface area contributed by atoms with Crippen LogP contribution in [-0.4, -0.2) is 16.4 Å². The van der Waals surface area contributed by atoms with Gasteiger partial charge in [0.1, 0.15) is 6.61 Å². The zero-order chi connectivity index (χ0) is 12.7. The van der Waals surface area contributed by atoms with Gasteiger partial charge in [-0.05, 0) is 18.4 Å². The maximum Gasteiger partial charge on any atom is 0.305 e. The molecule has 0 aliphatic rings. The number of aryl methyl sites for hydroxylation is 1. The van der Waals surface area contributed by atoms with Crippen molar-refractivity contribution in [2.24, 2.45) is 0 Å². The monoisotopic (exact) mass is 294 g/mol. The summed E-state index contributed by atoms with van der Waals surface area (Å²) in [6.07, 6.45) is 1.89. The Labute approximate surface area is 116 Å². The van der Waals surface area contributed by atoms with Gasteiger partial charge in [0.15, 0.2) is 0 Å². The first kappa shape index (κ1) is 14.6. The van der Waals surface area contributed by atoms with Gasteiger partial charge < -0.3 is 4.74 Å². The third-order valence-corrected chi connectivity index (χ3v) is 2.41. The number of alkyl halides is 3. The first-order chi connectivity index (χ1) is 7.97. The van der Waals surface area contributed by atoms with E-state index >= 15 is 0 Å². The number of hydrogen-bond acceptors (Lipinski definition) is 2. The standard InChI is InChI=1S/C12H13Cl3O2/c13-12(14,15)9-17-11(16)8-4-7-10-5-2-1-3-6-10/h1-3,5-6H,4,7-9H2. The number of carbonyl (C=O) groups excluding carboxylic acids is 1. The zero-order valence-electron chi connectivity index (χ0n) is 9.17. The van der Waals surface area contributed by atoms with Crippen molar-refractivity contribution in [3.05, 3.63) is 35.9 Å². The summed E-state index contributed by atoms with van der Waals surface area (Å²) in [4.78, 5) is 11.3. The van der Waals surface area contributed by atoms with Crippen LogP contribution in [-0.2, 0) is 16.0 Å². The van der Waals surface area contributed by atoms with Gasteiger partial charge in [-0.15, -0.1) is 0 Å². The molecule has 0 atom stereocenters. The van der Waals surface area contributed by atoms with Gasteiger partial charge in [-0.1, -0.05) is 65.1 Å². The van der Waals surface area contributed by atoms with Gasteiger partial charge >= 0.3 is 5.97 Å². The summed E-state index contributed by atoms with van der Waals surface area (Å²) in [6, 6.07) is 9.94. The van der Waals surface area contributed by atoms with Gasteiger partial charge in [0.05, 0.1) is 0 Å². The van der Waals surface area contributed by atoms with Crippen molar-refractivity contribution in [3.8, 4) is 0 Å².